The van der Waals surface area contributed by atoms with Gasteiger partial charge in [-0.15, -0.1) is 0 Å². The Balaban J connectivity index is 1.32. The molecule has 5 heteroatoms. The number of fused-ring (bicyclic) bond motifs is 1. The zero-order valence-corrected chi connectivity index (χ0v) is 18.6. The van der Waals surface area contributed by atoms with Gasteiger partial charge in [0.2, 0.25) is 0 Å². The number of rotatable bonds is 5. The van der Waals surface area contributed by atoms with Crippen LogP contribution < -0.4 is 0 Å². The molecule has 0 bridgehead atoms. The lowest BCUT2D eigenvalue weighted by atomic mass is 9.96. The van der Waals surface area contributed by atoms with E-state index in [2.05, 4.69) is 69.5 Å². The van der Waals surface area contributed by atoms with Gasteiger partial charge in [-0.1, -0.05) is 54.1 Å². The molecular formula is C27H25ClN4. The summed E-state index contributed by atoms with van der Waals surface area (Å²) in [5, 5.41) is 11.2. The standard InChI is InChI=1S/C27H25ClN4/c28-24-9-7-22(8-10-24)27(21-4-2-1-3-5-21)32-14-12-31(13-15-32)19-23-18-30-26-11-6-20(17-29)16-25(23)26/h1-11,16,18,27,30H,12-15,19H2/t27-/m0/s1. The molecule has 3 aromatic carbocycles. The predicted octanol–water partition coefficient (Wildman–Crippen LogP) is 5.60. The van der Waals surface area contributed by atoms with Gasteiger partial charge in [0.25, 0.3) is 0 Å². The van der Waals surface area contributed by atoms with Gasteiger partial charge in [0.1, 0.15) is 0 Å². The Morgan fingerprint density at radius 3 is 2.34 bits per heavy atom. The molecule has 1 aliphatic rings. The van der Waals surface area contributed by atoms with Crippen molar-refractivity contribution in [3.63, 3.8) is 0 Å². The minimum absolute atomic E-state index is 0.224. The molecule has 0 amide bonds. The van der Waals surface area contributed by atoms with Gasteiger partial charge < -0.3 is 4.98 Å². The van der Waals surface area contributed by atoms with Gasteiger partial charge in [0, 0.05) is 54.8 Å². The number of nitrogens with one attached hydrogen (secondary N) is 1. The van der Waals surface area contributed by atoms with Crippen LogP contribution in [0, 0.1) is 11.3 Å². The van der Waals surface area contributed by atoms with Crippen LogP contribution in [0.3, 0.4) is 0 Å². The Hall–Kier alpha value is -3.10. The Morgan fingerprint density at radius 2 is 1.62 bits per heavy atom. The molecular weight excluding hydrogens is 416 g/mol. The minimum Gasteiger partial charge on any atom is -0.361 e. The molecule has 1 fully saturated rings. The number of nitrogens with zero attached hydrogens (tertiary/aromatic N) is 3. The normalized spacial score (nSPS) is 16.1. The van der Waals surface area contributed by atoms with Crippen LogP contribution in [-0.4, -0.2) is 41.0 Å². The fourth-order valence-corrected chi connectivity index (χ4v) is 4.82. The van der Waals surface area contributed by atoms with Gasteiger partial charge in [0.15, 0.2) is 0 Å². The SMILES string of the molecule is N#Cc1ccc2[nH]cc(CN3CCN([C@@H](c4ccccc4)c4ccc(Cl)cc4)CC3)c2c1. The molecule has 1 aliphatic heterocycles. The quantitative estimate of drug-likeness (QED) is 0.439. The van der Waals surface area contributed by atoms with Crippen molar-refractivity contribution >= 4 is 22.5 Å². The summed E-state index contributed by atoms with van der Waals surface area (Å²) in [5.74, 6) is 0. The van der Waals surface area contributed by atoms with Crippen molar-refractivity contribution in [3.8, 4) is 6.07 Å². The fraction of sp³-hybridized carbons (Fsp3) is 0.222. The maximum Gasteiger partial charge on any atom is 0.0991 e. The topological polar surface area (TPSA) is 46.1 Å². The van der Waals surface area contributed by atoms with E-state index in [1.54, 1.807) is 0 Å². The monoisotopic (exact) mass is 440 g/mol. The molecule has 1 aromatic heterocycles. The summed E-state index contributed by atoms with van der Waals surface area (Å²) in [5.41, 5.74) is 5.63. The number of halogens is 1. The Morgan fingerprint density at radius 1 is 0.906 bits per heavy atom. The van der Waals surface area contributed by atoms with Crippen molar-refractivity contribution in [2.75, 3.05) is 26.2 Å². The zero-order valence-electron chi connectivity index (χ0n) is 17.8. The summed E-state index contributed by atoms with van der Waals surface area (Å²) < 4.78 is 0. The first-order valence-corrected chi connectivity index (χ1v) is 11.4. The fourth-order valence-electron chi connectivity index (χ4n) is 4.69. The third kappa shape index (κ3) is 4.28. The first kappa shape index (κ1) is 20.8. The zero-order chi connectivity index (χ0) is 21.9. The number of nitriles is 1. The molecule has 0 spiro atoms. The van der Waals surface area contributed by atoms with E-state index in [-0.39, 0.29) is 6.04 Å². The highest BCUT2D eigenvalue weighted by molar-refractivity contribution is 6.30. The van der Waals surface area contributed by atoms with Crippen molar-refractivity contribution in [2.24, 2.45) is 0 Å². The summed E-state index contributed by atoms with van der Waals surface area (Å²) in [4.78, 5) is 8.42. The van der Waals surface area contributed by atoms with Crippen LogP contribution in [0.2, 0.25) is 5.02 Å². The minimum atomic E-state index is 0.224. The second-order valence-electron chi connectivity index (χ2n) is 8.36. The number of piperazine rings is 1. The molecule has 4 nitrogen and oxygen atoms in total. The van der Waals surface area contributed by atoms with Gasteiger partial charge in [-0.3, -0.25) is 9.80 Å². The molecule has 32 heavy (non-hydrogen) atoms. The van der Waals surface area contributed by atoms with Crippen LogP contribution in [0.5, 0.6) is 0 Å². The maximum atomic E-state index is 9.25. The van der Waals surface area contributed by atoms with E-state index in [0.717, 1.165) is 48.6 Å². The van der Waals surface area contributed by atoms with Crippen molar-refractivity contribution in [3.05, 3.63) is 106 Å². The third-order valence-corrected chi connectivity index (χ3v) is 6.62. The Kier molecular flexibility index (Phi) is 5.96. The van der Waals surface area contributed by atoms with E-state index in [4.69, 9.17) is 11.6 Å². The maximum absolute atomic E-state index is 9.25. The van der Waals surface area contributed by atoms with Gasteiger partial charge in [-0.25, -0.2) is 0 Å². The molecule has 1 saturated heterocycles. The van der Waals surface area contributed by atoms with Gasteiger partial charge in [0.05, 0.1) is 17.7 Å². The van der Waals surface area contributed by atoms with Crippen LogP contribution in [0.15, 0.2) is 79.0 Å². The number of H-pyrrole nitrogens is 1. The van der Waals surface area contributed by atoms with E-state index in [1.165, 1.54) is 16.7 Å². The molecule has 160 valence electrons. The second kappa shape index (κ2) is 9.18. The predicted molar refractivity (Wildman–Crippen MR) is 130 cm³/mol. The average molecular weight is 441 g/mol. The highest BCUT2D eigenvalue weighted by Crippen LogP contribution is 2.31. The second-order valence-corrected chi connectivity index (χ2v) is 8.80. The molecule has 0 radical (unpaired) electrons. The van der Waals surface area contributed by atoms with E-state index in [0.29, 0.717) is 5.56 Å². The summed E-state index contributed by atoms with van der Waals surface area (Å²) in [7, 11) is 0. The number of hydrogen-bond acceptors (Lipinski definition) is 3. The summed E-state index contributed by atoms with van der Waals surface area (Å²) in [6.07, 6.45) is 2.08. The first-order chi connectivity index (χ1) is 15.7. The number of aromatic nitrogens is 1. The molecule has 0 aliphatic carbocycles. The Labute approximate surface area is 193 Å². The molecule has 5 rings (SSSR count). The molecule has 0 unspecified atom stereocenters. The molecule has 2 heterocycles. The van der Waals surface area contributed by atoms with E-state index in [1.807, 2.05) is 30.3 Å². The largest absolute Gasteiger partial charge is 0.361 e. The summed E-state index contributed by atoms with van der Waals surface area (Å²) >= 11 is 6.15. The van der Waals surface area contributed by atoms with Crippen LogP contribution in [0.4, 0.5) is 0 Å². The van der Waals surface area contributed by atoms with E-state index < -0.39 is 0 Å². The smallest absolute Gasteiger partial charge is 0.0991 e. The highest BCUT2D eigenvalue weighted by Gasteiger charge is 2.26. The first-order valence-electron chi connectivity index (χ1n) is 11.0. The third-order valence-electron chi connectivity index (χ3n) is 6.36. The van der Waals surface area contributed by atoms with Crippen LogP contribution in [0.1, 0.15) is 28.3 Å². The van der Waals surface area contributed by atoms with Crippen molar-refractivity contribution in [1.82, 2.24) is 14.8 Å². The lowest BCUT2D eigenvalue weighted by Gasteiger charge is -2.39. The lowest BCUT2D eigenvalue weighted by molar-refractivity contribution is 0.105. The van der Waals surface area contributed by atoms with Crippen LogP contribution >= 0.6 is 11.6 Å². The molecule has 1 atom stereocenters. The van der Waals surface area contributed by atoms with E-state index >= 15 is 0 Å². The van der Waals surface area contributed by atoms with Gasteiger partial charge >= 0.3 is 0 Å². The summed E-state index contributed by atoms with van der Waals surface area (Å²) in [6, 6.07) is 27.3. The van der Waals surface area contributed by atoms with Crippen LogP contribution in [0.25, 0.3) is 10.9 Å². The number of hydrogen-bond donors (Lipinski definition) is 1. The number of benzene rings is 3. The number of aromatic amines is 1. The van der Waals surface area contributed by atoms with Gasteiger partial charge in [-0.2, -0.15) is 5.26 Å². The Bertz CT molecular complexity index is 1230. The molecule has 0 saturated carbocycles. The van der Waals surface area contributed by atoms with Gasteiger partial charge in [-0.05, 0) is 47.0 Å². The highest BCUT2D eigenvalue weighted by atomic mass is 35.5. The molecule has 4 aromatic rings. The summed E-state index contributed by atoms with van der Waals surface area (Å²) in [6.45, 7) is 4.88. The van der Waals surface area contributed by atoms with Crippen molar-refractivity contribution in [2.45, 2.75) is 12.6 Å². The lowest BCUT2D eigenvalue weighted by Crippen LogP contribution is -2.47. The van der Waals surface area contributed by atoms with Crippen LogP contribution in [-0.2, 0) is 6.54 Å². The average Bonchev–Trinajstić information content (AvgIpc) is 3.24. The van der Waals surface area contributed by atoms with Crippen molar-refractivity contribution < 1.29 is 0 Å². The van der Waals surface area contributed by atoms with Crippen molar-refractivity contribution in [1.29, 1.82) is 5.26 Å². The van der Waals surface area contributed by atoms with E-state index in [9.17, 15) is 5.26 Å². The molecule has 1 N–H and O–H groups in total.